The van der Waals surface area contributed by atoms with Crippen molar-refractivity contribution in [2.45, 2.75) is 19.8 Å². The van der Waals surface area contributed by atoms with Gasteiger partial charge in [-0.15, -0.1) is 0 Å². The highest BCUT2D eigenvalue weighted by molar-refractivity contribution is 5.83. The number of benzene rings is 1. The Labute approximate surface area is 116 Å². The monoisotopic (exact) mass is 272 g/mol. The van der Waals surface area contributed by atoms with E-state index in [2.05, 4.69) is 9.72 Å². The predicted octanol–water partition coefficient (Wildman–Crippen LogP) is 2.32. The average molecular weight is 272 g/mol. The lowest BCUT2D eigenvalue weighted by Gasteiger charge is -2.06. The fourth-order valence-corrected chi connectivity index (χ4v) is 2.42. The largest absolute Gasteiger partial charge is 0.392 e. The van der Waals surface area contributed by atoms with E-state index in [1.165, 1.54) is 0 Å². The van der Waals surface area contributed by atoms with Crippen molar-refractivity contribution in [3.05, 3.63) is 53.5 Å². The van der Waals surface area contributed by atoms with E-state index in [0.717, 1.165) is 22.2 Å². The number of ether oxygens (including phenoxy) is 1. The molecule has 0 bridgehead atoms. The molecule has 0 saturated heterocycles. The Morgan fingerprint density at radius 2 is 2.25 bits per heavy atom. The van der Waals surface area contributed by atoms with E-state index >= 15 is 0 Å². The Hall–Kier alpha value is -2.11. The molecule has 0 radical (unpaired) electrons. The van der Waals surface area contributed by atoms with Crippen LogP contribution in [0, 0.1) is 0 Å². The van der Waals surface area contributed by atoms with Crippen molar-refractivity contribution < 1.29 is 14.4 Å². The predicted molar refractivity (Wildman–Crippen MR) is 74.2 cm³/mol. The highest BCUT2D eigenvalue weighted by Crippen LogP contribution is 2.21. The summed E-state index contributed by atoms with van der Waals surface area (Å²) in [5.74, 6) is 0.710. The van der Waals surface area contributed by atoms with Gasteiger partial charge >= 0.3 is 0 Å². The minimum atomic E-state index is 0.0229. The summed E-state index contributed by atoms with van der Waals surface area (Å²) >= 11 is 0. The van der Waals surface area contributed by atoms with Gasteiger partial charge in [0.2, 0.25) is 0 Å². The molecule has 20 heavy (non-hydrogen) atoms. The maximum Gasteiger partial charge on any atom is 0.162 e. The number of para-hydroxylation sites is 1. The van der Waals surface area contributed by atoms with E-state index in [4.69, 9.17) is 9.26 Å². The second-order valence-electron chi connectivity index (χ2n) is 4.67. The number of methoxy groups -OCH3 is 1. The molecule has 0 atom stereocenters. The molecule has 0 saturated carbocycles. The number of aliphatic hydroxyl groups is 1. The summed E-state index contributed by atoms with van der Waals surface area (Å²) in [6.07, 6.45) is 1.99. The molecule has 0 spiro atoms. The van der Waals surface area contributed by atoms with E-state index in [0.29, 0.717) is 18.9 Å². The van der Waals surface area contributed by atoms with Gasteiger partial charge in [-0.2, -0.15) is 0 Å². The van der Waals surface area contributed by atoms with E-state index in [-0.39, 0.29) is 6.61 Å². The van der Waals surface area contributed by atoms with Crippen molar-refractivity contribution in [2.75, 3.05) is 7.11 Å². The lowest BCUT2D eigenvalue weighted by Crippen LogP contribution is -2.00. The Balaban J connectivity index is 1.93. The van der Waals surface area contributed by atoms with E-state index < -0.39 is 0 Å². The molecular formula is C15H16N2O3. The van der Waals surface area contributed by atoms with Gasteiger partial charge in [0.15, 0.2) is 5.76 Å². The van der Waals surface area contributed by atoms with Gasteiger partial charge in [0, 0.05) is 24.9 Å². The highest BCUT2D eigenvalue weighted by Gasteiger charge is 2.09. The quantitative estimate of drug-likeness (QED) is 0.774. The molecule has 0 amide bonds. The molecule has 1 aromatic carbocycles. The summed E-state index contributed by atoms with van der Waals surface area (Å²) in [5, 5.41) is 14.6. The summed E-state index contributed by atoms with van der Waals surface area (Å²) in [7, 11) is 1.62. The van der Waals surface area contributed by atoms with E-state index in [9.17, 15) is 5.11 Å². The van der Waals surface area contributed by atoms with Crippen LogP contribution < -0.4 is 0 Å². The lowest BCUT2D eigenvalue weighted by molar-refractivity contribution is 0.155. The van der Waals surface area contributed by atoms with Crippen molar-refractivity contribution in [2.24, 2.45) is 0 Å². The van der Waals surface area contributed by atoms with Crippen LogP contribution in [0.1, 0.15) is 17.0 Å². The van der Waals surface area contributed by atoms with Gasteiger partial charge in [0.25, 0.3) is 0 Å². The smallest absolute Gasteiger partial charge is 0.162 e. The molecule has 0 aliphatic heterocycles. The first-order valence-corrected chi connectivity index (χ1v) is 6.43. The average Bonchev–Trinajstić information content (AvgIpc) is 3.07. The minimum Gasteiger partial charge on any atom is -0.392 e. The third-order valence-electron chi connectivity index (χ3n) is 3.27. The van der Waals surface area contributed by atoms with Crippen LogP contribution in [0.5, 0.6) is 0 Å². The van der Waals surface area contributed by atoms with Crippen molar-refractivity contribution in [3.63, 3.8) is 0 Å². The number of fused-ring (bicyclic) bond motifs is 1. The van der Waals surface area contributed by atoms with E-state index in [1.807, 2.05) is 36.5 Å². The Morgan fingerprint density at radius 1 is 1.35 bits per heavy atom. The highest BCUT2D eigenvalue weighted by atomic mass is 16.5. The summed E-state index contributed by atoms with van der Waals surface area (Å²) in [4.78, 5) is 0. The van der Waals surface area contributed by atoms with Crippen LogP contribution in [-0.4, -0.2) is 21.9 Å². The molecule has 3 aromatic rings. The van der Waals surface area contributed by atoms with Crippen molar-refractivity contribution in [1.82, 2.24) is 9.72 Å². The number of hydrogen-bond acceptors (Lipinski definition) is 4. The maximum atomic E-state index is 9.45. The molecule has 0 aliphatic rings. The van der Waals surface area contributed by atoms with Crippen LogP contribution in [0.15, 0.2) is 41.1 Å². The Morgan fingerprint density at radius 3 is 3.05 bits per heavy atom. The topological polar surface area (TPSA) is 60.4 Å². The molecular weight excluding hydrogens is 256 g/mol. The molecule has 3 rings (SSSR count). The standard InChI is InChI=1S/C15H16N2O3/c1-19-10-14-7-13(16-20-14)8-17-6-5-11-3-2-4-12(9-18)15(11)17/h2-7,18H,8-10H2,1H3. The Kier molecular flexibility index (Phi) is 3.54. The van der Waals surface area contributed by atoms with Crippen LogP contribution >= 0.6 is 0 Å². The fraction of sp³-hybridized carbons (Fsp3) is 0.267. The van der Waals surface area contributed by atoms with Crippen LogP contribution in [0.3, 0.4) is 0 Å². The summed E-state index contributed by atoms with van der Waals surface area (Å²) in [5.41, 5.74) is 2.78. The first-order valence-electron chi connectivity index (χ1n) is 6.43. The van der Waals surface area contributed by atoms with Crippen molar-refractivity contribution >= 4 is 10.9 Å². The molecule has 2 heterocycles. The van der Waals surface area contributed by atoms with Gasteiger partial charge in [-0.25, -0.2) is 0 Å². The second-order valence-corrected chi connectivity index (χ2v) is 4.67. The first kappa shape index (κ1) is 12.9. The van der Waals surface area contributed by atoms with E-state index in [1.54, 1.807) is 7.11 Å². The Bertz CT molecular complexity index is 715. The van der Waals surface area contributed by atoms with Crippen LogP contribution in [0.2, 0.25) is 0 Å². The zero-order chi connectivity index (χ0) is 13.9. The number of nitrogens with zero attached hydrogens (tertiary/aromatic N) is 2. The van der Waals surface area contributed by atoms with Gasteiger partial charge in [0.05, 0.1) is 18.7 Å². The van der Waals surface area contributed by atoms with Gasteiger partial charge in [-0.1, -0.05) is 23.4 Å². The van der Waals surface area contributed by atoms with Crippen LogP contribution in [0.4, 0.5) is 0 Å². The molecule has 0 fully saturated rings. The molecule has 0 aliphatic carbocycles. The number of hydrogen-bond donors (Lipinski definition) is 1. The number of rotatable bonds is 5. The number of aromatic nitrogens is 2. The van der Waals surface area contributed by atoms with Gasteiger partial charge in [-0.3, -0.25) is 0 Å². The molecule has 2 aromatic heterocycles. The summed E-state index contributed by atoms with van der Waals surface area (Å²) < 4.78 is 12.3. The molecule has 5 heteroatoms. The second kappa shape index (κ2) is 5.48. The molecule has 104 valence electrons. The first-order chi connectivity index (χ1) is 9.81. The third kappa shape index (κ3) is 2.33. The third-order valence-corrected chi connectivity index (χ3v) is 3.27. The zero-order valence-electron chi connectivity index (χ0n) is 11.2. The zero-order valence-corrected chi connectivity index (χ0v) is 11.2. The fourth-order valence-electron chi connectivity index (χ4n) is 2.42. The molecule has 0 unspecified atom stereocenters. The number of aliphatic hydroxyl groups excluding tert-OH is 1. The van der Waals surface area contributed by atoms with Crippen LogP contribution in [-0.2, 0) is 24.5 Å². The van der Waals surface area contributed by atoms with Gasteiger partial charge in [-0.05, 0) is 11.5 Å². The summed E-state index contributed by atoms with van der Waals surface area (Å²) in [6.45, 7) is 1.05. The minimum absolute atomic E-state index is 0.0229. The normalized spacial score (nSPS) is 11.3. The SMILES string of the molecule is COCc1cc(Cn2ccc3cccc(CO)c32)no1. The lowest BCUT2D eigenvalue weighted by atomic mass is 10.1. The van der Waals surface area contributed by atoms with Gasteiger partial charge < -0.3 is 18.9 Å². The summed E-state index contributed by atoms with van der Waals surface area (Å²) in [6, 6.07) is 9.83. The van der Waals surface area contributed by atoms with Crippen LogP contribution in [0.25, 0.3) is 10.9 Å². The molecule has 1 N–H and O–H groups in total. The molecule has 5 nitrogen and oxygen atoms in total. The van der Waals surface area contributed by atoms with Crippen molar-refractivity contribution in [3.8, 4) is 0 Å². The maximum absolute atomic E-state index is 9.45. The van der Waals surface area contributed by atoms with Crippen molar-refractivity contribution in [1.29, 1.82) is 0 Å². The van der Waals surface area contributed by atoms with Gasteiger partial charge in [0.1, 0.15) is 12.3 Å².